The zero-order chi connectivity index (χ0) is 31.0. The summed E-state index contributed by atoms with van der Waals surface area (Å²) in [7, 11) is 0. The van der Waals surface area contributed by atoms with Crippen LogP contribution in [0.15, 0.2) is 91.0 Å². The maximum absolute atomic E-state index is 14.2. The average molecular weight is 587 g/mol. The first-order valence-corrected chi connectivity index (χ1v) is 14.0. The lowest BCUT2D eigenvalue weighted by atomic mass is 9.83. The van der Waals surface area contributed by atoms with Gasteiger partial charge in [-0.1, -0.05) is 79.7 Å². The van der Waals surface area contributed by atoms with Gasteiger partial charge in [0, 0.05) is 21.6 Å². The van der Waals surface area contributed by atoms with Gasteiger partial charge in [-0.3, -0.25) is 9.59 Å². The van der Waals surface area contributed by atoms with Gasteiger partial charge in [-0.25, -0.2) is 9.59 Å². The van der Waals surface area contributed by atoms with E-state index in [9.17, 15) is 19.2 Å². The minimum Gasteiger partial charge on any atom is -0.394 e. The molecular formula is C36H26O8. The van der Waals surface area contributed by atoms with Crippen molar-refractivity contribution in [2.75, 3.05) is 0 Å². The normalized spacial score (nSPS) is 13.5. The maximum Gasteiger partial charge on any atom is 0.519 e. The molecule has 0 atom stereocenters. The highest BCUT2D eigenvalue weighted by Gasteiger charge is 2.38. The van der Waals surface area contributed by atoms with Gasteiger partial charge in [0.25, 0.3) is 0 Å². The third-order valence-electron chi connectivity index (χ3n) is 7.51. The second-order valence-electron chi connectivity index (χ2n) is 10.3. The molecule has 0 saturated heterocycles. The van der Waals surface area contributed by atoms with E-state index in [1.165, 1.54) is 0 Å². The number of aryl methyl sites for hydroxylation is 3. The molecule has 0 amide bonds. The second-order valence-corrected chi connectivity index (χ2v) is 10.3. The Kier molecular flexibility index (Phi) is 7.41. The third kappa shape index (κ3) is 5.07. The lowest BCUT2D eigenvalue weighted by molar-refractivity contribution is -0.112. The molecule has 0 unspecified atom stereocenters. The summed E-state index contributed by atoms with van der Waals surface area (Å²) in [5.74, 6) is -1.33. The van der Waals surface area contributed by atoms with Crippen LogP contribution in [0.4, 0.5) is 9.59 Å². The van der Waals surface area contributed by atoms with Gasteiger partial charge in [-0.05, 0) is 65.6 Å². The number of fused-ring (bicyclic) bond motifs is 3. The molecule has 0 radical (unpaired) electrons. The standard InChI is InChI=1S/C36H26O8/c1-4-22-17-18-24-26(19-22)34(44-36(40)42-28-16-10-6-12-21(28)3)32(38)29-23-13-7-8-14-25(23)33(31(37)30(24)29)43-35(39)41-27-15-9-5-11-20(27)2/h5-19H,4H2,1-3H3. The summed E-state index contributed by atoms with van der Waals surface area (Å²) in [5.41, 5.74) is 2.32. The number of Topliss-reactive ketones (excluding diaryl/α,β-unsaturated/α-hetero) is 2. The summed E-state index contributed by atoms with van der Waals surface area (Å²) in [6, 6.07) is 25.6. The van der Waals surface area contributed by atoms with Crippen LogP contribution in [0, 0.1) is 13.8 Å². The highest BCUT2D eigenvalue weighted by Crippen LogP contribution is 2.27. The smallest absolute Gasteiger partial charge is 0.394 e. The summed E-state index contributed by atoms with van der Waals surface area (Å²) in [6.07, 6.45) is -1.57. The molecule has 2 aliphatic carbocycles. The van der Waals surface area contributed by atoms with E-state index in [0.717, 1.165) is 5.56 Å². The molecule has 6 rings (SSSR count). The van der Waals surface area contributed by atoms with Crippen molar-refractivity contribution in [1.82, 2.24) is 0 Å². The SMILES string of the molecule is CCc1ccc2c(c1)=C(OC(=O)Oc1ccccc1C)C(=O)C1=c3ccccc3=C(OC(=O)Oc3ccccc3C)C(=O)C=21. The van der Waals surface area contributed by atoms with Crippen molar-refractivity contribution in [3.63, 3.8) is 0 Å². The van der Waals surface area contributed by atoms with Crippen LogP contribution in [-0.2, 0) is 25.5 Å². The minimum absolute atomic E-state index is 0.0284. The molecule has 4 aromatic carbocycles. The molecule has 8 nitrogen and oxygen atoms in total. The summed E-state index contributed by atoms with van der Waals surface area (Å²) >= 11 is 0. The zero-order valence-electron chi connectivity index (χ0n) is 24.1. The van der Waals surface area contributed by atoms with Crippen LogP contribution in [0.3, 0.4) is 0 Å². The first kappa shape index (κ1) is 28.4. The van der Waals surface area contributed by atoms with Gasteiger partial charge in [0.1, 0.15) is 11.5 Å². The Labute approximate surface area is 251 Å². The second kappa shape index (κ2) is 11.5. The molecule has 0 fully saturated rings. The molecule has 8 heteroatoms. The first-order chi connectivity index (χ1) is 21.3. The molecule has 4 aromatic rings. The number of rotatable bonds is 5. The van der Waals surface area contributed by atoms with E-state index < -0.39 is 23.9 Å². The number of para-hydroxylation sites is 2. The Morgan fingerprint density at radius 2 is 1.00 bits per heavy atom. The Balaban J connectivity index is 1.50. The number of ether oxygens (including phenoxy) is 4. The lowest BCUT2D eigenvalue weighted by Gasteiger charge is -2.22. The molecule has 2 aliphatic rings. The van der Waals surface area contributed by atoms with Gasteiger partial charge in [0.05, 0.1) is 0 Å². The fourth-order valence-corrected chi connectivity index (χ4v) is 5.26. The van der Waals surface area contributed by atoms with Gasteiger partial charge < -0.3 is 18.9 Å². The molecular weight excluding hydrogens is 560 g/mol. The van der Waals surface area contributed by atoms with Gasteiger partial charge >= 0.3 is 12.3 Å². The average Bonchev–Trinajstić information content (AvgIpc) is 3.02. The summed E-state index contributed by atoms with van der Waals surface area (Å²) in [6.45, 7) is 5.49. The predicted molar refractivity (Wildman–Crippen MR) is 161 cm³/mol. The Morgan fingerprint density at radius 1 is 0.545 bits per heavy atom. The first-order valence-electron chi connectivity index (χ1n) is 14.0. The van der Waals surface area contributed by atoms with Gasteiger partial charge in [0.15, 0.2) is 11.5 Å². The van der Waals surface area contributed by atoms with Crippen LogP contribution < -0.4 is 30.3 Å². The number of ketones is 2. The molecule has 0 heterocycles. The van der Waals surface area contributed by atoms with Crippen molar-refractivity contribution in [1.29, 1.82) is 0 Å². The molecule has 0 aromatic heterocycles. The van der Waals surface area contributed by atoms with Crippen molar-refractivity contribution < 1.29 is 38.1 Å². The van der Waals surface area contributed by atoms with Crippen LogP contribution in [0.1, 0.15) is 23.6 Å². The Bertz CT molecular complexity index is 2160. The summed E-state index contributed by atoms with van der Waals surface area (Å²) < 4.78 is 22.0. The lowest BCUT2D eigenvalue weighted by Crippen LogP contribution is -2.48. The van der Waals surface area contributed by atoms with Crippen molar-refractivity contribution in [2.24, 2.45) is 0 Å². The summed E-state index contributed by atoms with van der Waals surface area (Å²) in [4.78, 5) is 54.2. The van der Waals surface area contributed by atoms with Crippen LogP contribution in [-0.4, -0.2) is 23.9 Å². The van der Waals surface area contributed by atoms with E-state index in [4.69, 9.17) is 18.9 Å². The van der Waals surface area contributed by atoms with Crippen LogP contribution in [0.2, 0.25) is 0 Å². The molecule has 0 spiro atoms. The minimum atomic E-state index is -1.10. The highest BCUT2D eigenvalue weighted by molar-refractivity contribution is 6.58. The zero-order valence-corrected chi connectivity index (χ0v) is 24.1. The Morgan fingerprint density at radius 3 is 1.52 bits per heavy atom. The number of carbonyl (C=O) groups is 4. The van der Waals surface area contributed by atoms with E-state index in [1.54, 1.807) is 98.8 Å². The van der Waals surface area contributed by atoms with Crippen LogP contribution >= 0.6 is 0 Å². The van der Waals surface area contributed by atoms with E-state index in [-0.39, 0.29) is 44.6 Å². The quantitative estimate of drug-likeness (QED) is 0.258. The van der Waals surface area contributed by atoms with Crippen molar-refractivity contribution in [2.45, 2.75) is 27.2 Å². The number of benzene rings is 4. The van der Waals surface area contributed by atoms with Crippen molar-refractivity contribution in [3.05, 3.63) is 129 Å². The maximum atomic E-state index is 14.2. The van der Waals surface area contributed by atoms with Crippen molar-refractivity contribution >= 4 is 46.5 Å². The molecule has 0 saturated carbocycles. The molecule has 0 bridgehead atoms. The fraction of sp³-hybridized carbons (Fsp3) is 0.111. The van der Waals surface area contributed by atoms with Crippen molar-refractivity contribution in [3.8, 4) is 11.5 Å². The van der Waals surface area contributed by atoms with E-state index in [1.807, 2.05) is 13.0 Å². The number of hydrogen-bond acceptors (Lipinski definition) is 8. The topological polar surface area (TPSA) is 105 Å². The molecule has 44 heavy (non-hydrogen) atoms. The number of hydrogen-bond donors (Lipinski definition) is 0. The monoisotopic (exact) mass is 586 g/mol. The van der Waals surface area contributed by atoms with E-state index >= 15 is 0 Å². The largest absolute Gasteiger partial charge is 0.519 e. The van der Waals surface area contributed by atoms with E-state index in [2.05, 4.69) is 0 Å². The van der Waals surface area contributed by atoms with Gasteiger partial charge in [0.2, 0.25) is 11.6 Å². The van der Waals surface area contributed by atoms with Crippen LogP contribution in [0.25, 0.3) is 22.7 Å². The third-order valence-corrected chi connectivity index (χ3v) is 7.51. The molecule has 218 valence electrons. The number of carbonyl (C=O) groups excluding carboxylic acids is 4. The highest BCUT2D eigenvalue weighted by atomic mass is 16.7. The molecule has 0 aliphatic heterocycles. The predicted octanol–water partition coefficient (Wildman–Crippen LogP) is 3.68. The molecule has 0 N–H and O–H groups in total. The summed E-state index contributed by atoms with van der Waals surface area (Å²) in [5, 5.41) is 1.17. The van der Waals surface area contributed by atoms with Crippen LogP contribution in [0.5, 0.6) is 11.5 Å². The van der Waals surface area contributed by atoms with E-state index in [0.29, 0.717) is 28.0 Å². The Hall–Kier alpha value is -5.76. The van der Waals surface area contributed by atoms with Gasteiger partial charge in [-0.15, -0.1) is 0 Å². The fourth-order valence-electron chi connectivity index (χ4n) is 5.26. The van der Waals surface area contributed by atoms with Gasteiger partial charge in [-0.2, -0.15) is 0 Å².